The van der Waals surface area contributed by atoms with Crippen LogP contribution in [0.4, 0.5) is 10.9 Å². The Balaban J connectivity index is 2.03. The molecular weight excluding hydrogens is 228 g/mol. The lowest BCUT2D eigenvalue weighted by Gasteiger charge is -1.96. The summed E-state index contributed by atoms with van der Waals surface area (Å²) >= 11 is 1.29. The van der Waals surface area contributed by atoms with Gasteiger partial charge in [-0.15, -0.1) is 5.10 Å². The minimum atomic E-state index is -0.240. The molecule has 0 saturated heterocycles. The van der Waals surface area contributed by atoms with Crippen LogP contribution in [0.15, 0.2) is 12.4 Å². The number of amides is 1. The number of carbonyl (C=O) groups excluding carboxylic acids is 1. The first kappa shape index (κ1) is 10.6. The van der Waals surface area contributed by atoms with E-state index in [1.165, 1.54) is 23.7 Å². The quantitative estimate of drug-likeness (QED) is 0.737. The molecule has 0 atom stereocenters. The molecule has 3 N–H and O–H groups in total. The number of H-pyrrole nitrogens is 1. The molecule has 16 heavy (non-hydrogen) atoms. The number of thiazole rings is 1. The third kappa shape index (κ3) is 2.34. The van der Waals surface area contributed by atoms with Gasteiger partial charge in [-0.2, -0.15) is 10.3 Å². The number of aromatic nitrogens is 4. The van der Waals surface area contributed by atoms with E-state index in [0.717, 1.165) is 11.7 Å². The van der Waals surface area contributed by atoms with Crippen molar-refractivity contribution in [2.75, 3.05) is 17.2 Å². The Morgan fingerprint density at radius 3 is 3.12 bits per heavy atom. The van der Waals surface area contributed by atoms with Crippen molar-refractivity contribution in [1.82, 2.24) is 20.4 Å². The number of aromatic amines is 1. The monoisotopic (exact) mass is 238 g/mol. The second-order valence-corrected chi connectivity index (χ2v) is 3.90. The highest BCUT2D eigenvalue weighted by Crippen LogP contribution is 2.18. The van der Waals surface area contributed by atoms with Crippen LogP contribution in [0.1, 0.15) is 16.6 Å². The lowest BCUT2D eigenvalue weighted by atomic mass is 10.5. The molecule has 0 radical (unpaired) electrons. The van der Waals surface area contributed by atoms with Crippen molar-refractivity contribution in [1.29, 1.82) is 0 Å². The number of carbonyl (C=O) groups is 1. The number of nitrogens with zero attached hydrogens (tertiary/aromatic N) is 3. The van der Waals surface area contributed by atoms with E-state index in [1.807, 2.05) is 6.92 Å². The highest BCUT2D eigenvalue weighted by atomic mass is 32.1. The van der Waals surface area contributed by atoms with E-state index in [0.29, 0.717) is 10.7 Å². The van der Waals surface area contributed by atoms with Gasteiger partial charge in [0.1, 0.15) is 4.88 Å². The molecule has 0 aliphatic rings. The zero-order valence-corrected chi connectivity index (χ0v) is 9.34. The van der Waals surface area contributed by atoms with Crippen molar-refractivity contribution >= 4 is 28.2 Å². The second-order valence-electron chi connectivity index (χ2n) is 2.87. The van der Waals surface area contributed by atoms with E-state index in [1.54, 1.807) is 0 Å². The fourth-order valence-electron chi connectivity index (χ4n) is 1.05. The fourth-order valence-corrected chi connectivity index (χ4v) is 1.83. The highest BCUT2D eigenvalue weighted by molar-refractivity contribution is 7.17. The van der Waals surface area contributed by atoms with E-state index in [2.05, 4.69) is 31.0 Å². The van der Waals surface area contributed by atoms with Gasteiger partial charge in [-0.3, -0.25) is 4.79 Å². The molecule has 0 spiro atoms. The Bertz CT molecular complexity index is 465. The Morgan fingerprint density at radius 2 is 2.44 bits per heavy atom. The molecule has 0 saturated carbocycles. The van der Waals surface area contributed by atoms with Crippen molar-refractivity contribution in [3.63, 3.8) is 0 Å². The summed E-state index contributed by atoms with van der Waals surface area (Å²) in [5.74, 6) is 0.152. The van der Waals surface area contributed by atoms with Crippen LogP contribution in [-0.2, 0) is 0 Å². The molecule has 7 nitrogen and oxygen atoms in total. The summed E-state index contributed by atoms with van der Waals surface area (Å²) < 4.78 is 0. The van der Waals surface area contributed by atoms with Gasteiger partial charge < -0.3 is 10.6 Å². The Kier molecular flexibility index (Phi) is 3.10. The van der Waals surface area contributed by atoms with E-state index in [-0.39, 0.29) is 5.91 Å². The van der Waals surface area contributed by atoms with Crippen molar-refractivity contribution in [2.24, 2.45) is 0 Å². The summed E-state index contributed by atoms with van der Waals surface area (Å²) in [5.41, 5.74) is 0. The average molecular weight is 238 g/mol. The van der Waals surface area contributed by atoms with E-state index in [4.69, 9.17) is 0 Å². The lowest BCUT2D eigenvalue weighted by Crippen LogP contribution is -2.10. The first-order chi connectivity index (χ1) is 7.79. The van der Waals surface area contributed by atoms with Crippen molar-refractivity contribution in [3.05, 3.63) is 17.3 Å². The van der Waals surface area contributed by atoms with Crippen LogP contribution in [0.5, 0.6) is 0 Å². The SMILES string of the molecule is CCNc1ncc(C(=O)Nc2cn[nH]n2)s1. The highest BCUT2D eigenvalue weighted by Gasteiger charge is 2.11. The third-order valence-electron chi connectivity index (χ3n) is 1.71. The molecule has 0 aromatic carbocycles. The van der Waals surface area contributed by atoms with Crippen LogP contribution >= 0.6 is 11.3 Å². The Hall–Kier alpha value is -1.96. The van der Waals surface area contributed by atoms with Gasteiger partial charge in [-0.05, 0) is 6.92 Å². The molecule has 0 aliphatic carbocycles. The topological polar surface area (TPSA) is 95.6 Å². The minimum Gasteiger partial charge on any atom is -0.362 e. The molecule has 2 aromatic heterocycles. The van der Waals surface area contributed by atoms with Crippen LogP contribution in [0.2, 0.25) is 0 Å². The van der Waals surface area contributed by atoms with Crippen LogP contribution in [0.3, 0.4) is 0 Å². The molecule has 0 bridgehead atoms. The second kappa shape index (κ2) is 4.71. The minimum absolute atomic E-state index is 0.240. The summed E-state index contributed by atoms with van der Waals surface area (Å²) in [7, 11) is 0. The zero-order valence-electron chi connectivity index (χ0n) is 8.52. The number of hydrogen-bond acceptors (Lipinski definition) is 6. The van der Waals surface area contributed by atoms with Gasteiger partial charge >= 0.3 is 0 Å². The first-order valence-corrected chi connectivity index (χ1v) is 5.48. The van der Waals surface area contributed by atoms with Gasteiger partial charge in [0.05, 0.1) is 12.4 Å². The molecule has 0 aliphatic heterocycles. The van der Waals surface area contributed by atoms with Crippen LogP contribution in [-0.4, -0.2) is 32.8 Å². The predicted molar refractivity (Wildman–Crippen MR) is 60.6 cm³/mol. The number of nitrogens with one attached hydrogen (secondary N) is 3. The largest absolute Gasteiger partial charge is 0.362 e. The molecule has 0 unspecified atom stereocenters. The smallest absolute Gasteiger partial charge is 0.268 e. The van der Waals surface area contributed by atoms with Gasteiger partial charge in [0, 0.05) is 6.54 Å². The Morgan fingerprint density at radius 1 is 1.56 bits per heavy atom. The van der Waals surface area contributed by atoms with Gasteiger partial charge in [-0.1, -0.05) is 11.3 Å². The predicted octanol–water partition coefficient (Wildman–Crippen LogP) is 0.945. The fraction of sp³-hybridized carbons (Fsp3) is 0.250. The first-order valence-electron chi connectivity index (χ1n) is 4.66. The van der Waals surface area contributed by atoms with Crippen LogP contribution < -0.4 is 10.6 Å². The maximum Gasteiger partial charge on any atom is 0.268 e. The van der Waals surface area contributed by atoms with Gasteiger partial charge in [-0.25, -0.2) is 4.98 Å². The van der Waals surface area contributed by atoms with E-state index >= 15 is 0 Å². The van der Waals surface area contributed by atoms with Crippen molar-refractivity contribution in [3.8, 4) is 0 Å². The molecule has 8 heteroatoms. The molecule has 2 aromatic rings. The summed E-state index contributed by atoms with van der Waals surface area (Å²) in [4.78, 5) is 16.3. The molecule has 2 rings (SSSR count). The maximum atomic E-state index is 11.7. The van der Waals surface area contributed by atoms with E-state index in [9.17, 15) is 4.79 Å². The third-order valence-corrected chi connectivity index (χ3v) is 2.67. The molecule has 84 valence electrons. The molecular formula is C8H10N6OS. The lowest BCUT2D eigenvalue weighted by molar-refractivity contribution is 0.103. The van der Waals surface area contributed by atoms with Crippen LogP contribution in [0, 0.1) is 0 Å². The molecule has 0 fully saturated rings. The summed E-state index contributed by atoms with van der Waals surface area (Å²) in [6, 6.07) is 0. The molecule has 2 heterocycles. The summed E-state index contributed by atoms with van der Waals surface area (Å²) in [6.07, 6.45) is 2.96. The average Bonchev–Trinajstić information content (AvgIpc) is 2.89. The normalized spacial score (nSPS) is 10.1. The summed E-state index contributed by atoms with van der Waals surface area (Å²) in [5, 5.41) is 16.1. The van der Waals surface area contributed by atoms with Crippen LogP contribution in [0.25, 0.3) is 0 Å². The standard InChI is InChI=1S/C8H10N6OS/c1-2-9-8-10-3-5(16-8)7(15)12-6-4-11-14-13-6/h3-4H,2H2,1H3,(H,9,10)(H2,11,12,13,14,15). The summed E-state index contributed by atoms with van der Waals surface area (Å²) in [6.45, 7) is 2.74. The van der Waals surface area contributed by atoms with Crippen molar-refractivity contribution in [2.45, 2.75) is 6.92 Å². The van der Waals surface area contributed by atoms with Gasteiger partial charge in [0.25, 0.3) is 5.91 Å². The van der Waals surface area contributed by atoms with Crippen molar-refractivity contribution < 1.29 is 4.79 Å². The van der Waals surface area contributed by atoms with Gasteiger partial charge in [0.15, 0.2) is 10.9 Å². The van der Waals surface area contributed by atoms with Gasteiger partial charge in [0.2, 0.25) is 0 Å². The Labute approximate surface area is 95.3 Å². The van der Waals surface area contributed by atoms with E-state index < -0.39 is 0 Å². The number of hydrogen-bond donors (Lipinski definition) is 3. The number of rotatable bonds is 4. The maximum absolute atomic E-state index is 11.7. The number of anilines is 2. The zero-order chi connectivity index (χ0) is 11.4. The molecule has 1 amide bonds.